The smallest absolute Gasteiger partial charge is 0.176 e. The van der Waals surface area contributed by atoms with Gasteiger partial charge >= 0.3 is 0 Å². The van der Waals surface area contributed by atoms with Crippen LogP contribution in [0.5, 0.6) is 0 Å². The van der Waals surface area contributed by atoms with Gasteiger partial charge in [0, 0.05) is 6.54 Å². The Kier molecular flexibility index (Phi) is 2.29. The lowest BCUT2D eigenvalue weighted by Crippen LogP contribution is -1.93. The largest absolute Gasteiger partial charge is 0.272 e. The molecule has 0 radical (unpaired) electrons. The van der Waals surface area contributed by atoms with Gasteiger partial charge in [0.05, 0.1) is 6.20 Å². The highest BCUT2D eigenvalue weighted by molar-refractivity contribution is 7.97. The van der Waals surface area contributed by atoms with Gasteiger partial charge in [-0.15, -0.1) is 0 Å². The summed E-state index contributed by atoms with van der Waals surface area (Å²) in [6, 6.07) is 0. The van der Waals surface area contributed by atoms with Crippen molar-refractivity contribution >= 4 is 11.9 Å². The molecule has 10 heavy (non-hydrogen) atoms. The van der Waals surface area contributed by atoms with E-state index in [0.29, 0.717) is 6.54 Å². The third-order valence-corrected chi connectivity index (χ3v) is 1.62. The van der Waals surface area contributed by atoms with Crippen LogP contribution in [0.3, 0.4) is 0 Å². The summed E-state index contributed by atoms with van der Waals surface area (Å²) in [5.41, 5.74) is 0. The molecule has 1 rings (SSSR count). The molecule has 1 aromatic rings. The van der Waals surface area contributed by atoms with Crippen LogP contribution in [0.2, 0.25) is 0 Å². The van der Waals surface area contributed by atoms with Crippen molar-refractivity contribution in [3.8, 4) is 0 Å². The summed E-state index contributed by atoms with van der Waals surface area (Å²) in [5.74, 6) is -0.352. The molecule has 0 aromatic carbocycles. The topological polar surface area (TPSA) is 43.8 Å². The van der Waals surface area contributed by atoms with E-state index in [1.807, 2.05) is 6.92 Å². The Morgan fingerprint density at radius 2 is 2.60 bits per heavy atom. The van der Waals surface area contributed by atoms with Gasteiger partial charge in [-0.3, -0.25) is 9.82 Å². The molecule has 1 aromatic heterocycles. The van der Waals surface area contributed by atoms with E-state index in [9.17, 15) is 4.39 Å². The second kappa shape index (κ2) is 3.03. The number of aromatic nitrogens is 2. The first-order chi connectivity index (χ1) is 4.77. The number of hydrogen-bond donors (Lipinski definition) is 1. The lowest BCUT2D eigenvalue weighted by Gasteiger charge is -1.89. The number of aryl methyl sites for hydroxylation is 1. The van der Waals surface area contributed by atoms with Gasteiger partial charge in [0.1, 0.15) is 0 Å². The summed E-state index contributed by atoms with van der Waals surface area (Å²) in [5, 5.41) is 9.20. The van der Waals surface area contributed by atoms with E-state index >= 15 is 0 Å². The summed E-state index contributed by atoms with van der Waals surface area (Å²) < 4.78 is 14.1. The van der Waals surface area contributed by atoms with Crippen LogP contribution in [0.25, 0.3) is 0 Å². The van der Waals surface area contributed by atoms with Crippen LogP contribution in [0.1, 0.15) is 6.92 Å². The Morgan fingerprint density at radius 3 is 2.90 bits per heavy atom. The van der Waals surface area contributed by atoms with E-state index in [1.165, 1.54) is 10.9 Å². The predicted molar refractivity (Wildman–Crippen MR) is 37.9 cm³/mol. The highest BCUT2D eigenvalue weighted by Gasteiger charge is 2.05. The highest BCUT2D eigenvalue weighted by Crippen LogP contribution is 2.12. The monoisotopic (exact) mass is 161 g/mol. The minimum absolute atomic E-state index is 0.252. The van der Waals surface area contributed by atoms with Crippen LogP contribution in [0.15, 0.2) is 11.2 Å². The fourth-order valence-electron chi connectivity index (χ4n) is 0.621. The lowest BCUT2D eigenvalue weighted by molar-refractivity contribution is 0.600. The van der Waals surface area contributed by atoms with Gasteiger partial charge in [0.15, 0.2) is 10.8 Å². The first kappa shape index (κ1) is 7.56. The first-order valence-electron chi connectivity index (χ1n) is 2.87. The Labute approximate surface area is 62.5 Å². The maximum atomic E-state index is 12.6. The van der Waals surface area contributed by atoms with E-state index < -0.39 is 0 Å². The third-order valence-electron chi connectivity index (χ3n) is 1.12. The highest BCUT2D eigenvalue weighted by atomic mass is 32.2. The number of rotatable bonds is 2. The van der Waals surface area contributed by atoms with Crippen molar-refractivity contribution in [2.24, 2.45) is 5.14 Å². The molecule has 0 saturated heterocycles. The Morgan fingerprint density at radius 1 is 1.90 bits per heavy atom. The maximum absolute atomic E-state index is 12.6. The zero-order chi connectivity index (χ0) is 7.56. The fraction of sp³-hybridized carbons (Fsp3) is 0.400. The SMILES string of the molecule is CCn1cc(F)c(SN)n1. The lowest BCUT2D eigenvalue weighted by atomic mass is 10.7. The molecule has 0 aliphatic heterocycles. The molecular formula is C5H8FN3S. The molecule has 3 nitrogen and oxygen atoms in total. The average molecular weight is 161 g/mol. The van der Waals surface area contributed by atoms with Crippen LogP contribution in [-0.4, -0.2) is 9.78 Å². The molecule has 0 saturated carbocycles. The van der Waals surface area contributed by atoms with Crippen molar-refractivity contribution < 1.29 is 4.39 Å². The van der Waals surface area contributed by atoms with E-state index in [2.05, 4.69) is 5.10 Å². The summed E-state index contributed by atoms with van der Waals surface area (Å²) in [4.78, 5) is 0. The molecule has 56 valence electrons. The van der Waals surface area contributed by atoms with E-state index in [0.717, 1.165) is 11.9 Å². The molecular weight excluding hydrogens is 153 g/mol. The molecule has 0 aliphatic carbocycles. The van der Waals surface area contributed by atoms with Gasteiger partial charge in [-0.1, -0.05) is 0 Å². The number of nitrogens with zero attached hydrogens (tertiary/aromatic N) is 2. The van der Waals surface area contributed by atoms with Gasteiger partial charge in [-0.2, -0.15) is 5.10 Å². The molecule has 0 spiro atoms. The number of halogens is 1. The molecule has 0 atom stereocenters. The Balaban J connectivity index is 2.92. The normalized spacial score (nSPS) is 10.3. The third kappa shape index (κ3) is 1.30. The van der Waals surface area contributed by atoms with E-state index in [4.69, 9.17) is 5.14 Å². The average Bonchev–Trinajstić information content (AvgIpc) is 2.30. The minimum Gasteiger partial charge on any atom is -0.272 e. The van der Waals surface area contributed by atoms with Crippen molar-refractivity contribution in [2.75, 3.05) is 0 Å². The number of nitrogens with two attached hydrogens (primary N) is 1. The van der Waals surface area contributed by atoms with Crippen LogP contribution >= 0.6 is 11.9 Å². The molecule has 2 N–H and O–H groups in total. The minimum atomic E-state index is -0.352. The summed E-state index contributed by atoms with van der Waals surface area (Å²) in [6.07, 6.45) is 1.33. The van der Waals surface area contributed by atoms with Crippen LogP contribution in [-0.2, 0) is 6.54 Å². The van der Waals surface area contributed by atoms with Crippen molar-refractivity contribution in [1.82, 2.24) is 9.78 Å². The van der Waals surface area contributed by atoms with Gasteiger partial charge in [-0.05, 0) is 18.9 Å². The maximum Gasteiger partial charge on any atom is 0.176 e. The van der Waals surface area contributed by atoms with E-state index in [1.54, 1.807) is 0 Å². The molecule has 0 bridgehead atoms. The molecule has 0 aliphatic rings. The van der Waals surface area contributed by atoms with Crippen molar-refractivity contribution in [3.05, 3.63) is 12.0 Å². The van der Waals surface area contributed by atoms with Crippen LogP contribution in [0.4, 0.5) is 4.39 Å². The van der Waals surface area contributed by atoms with Crippen LogP contribution < -0.4 is 5.14 Å². The standard InChI is InChI=1S/C5H8FN3S/c1-2-9-3-4(6)5(8-9)10-7/h3H,2,7H2,1H3. The number of hydrogen-bond acceptors (Lipinski definition) is 3. The van der Waals surface area contributed by atoms with Gasteiger partial charge in [0.25, 0.3) is 0 Å². The molecule has 0 fully saturated rings. The quantitative estimate of drug-likeness (QED) is 0.658. The van der Waals surface area contributed by atoms with E-state index in [-0.39, 0.29) is 10.8 Å². The van der Waals surface area contributed by atoms with Crippen LogP contribution in [0, 0.1) is 5.82 Å². The molecule has 1 heterocycles. The zero-order valence-corrected chi connectivity index (χ0v) is 6.36. The van der Waals surface area contributed by atoms with Crippen molar-refractivity contribution in [3.63, 3.8) is 0 Å². The van der Waals surface area contributed by atoms with Gasteiger partial charge < -0.3 is 0 Å². The van der Waals surface area contributed by atoms with Crippen molar-refractivity contribution in [2.45, 2.75) is 18.5 Å². The fourth-order valence-corrected chi connectivity index (χ4v) is 0.939. The second-order valence-corrected chi connectivity index (χ2v) is 2.38. The predicted octanol–water partition coefficient (Wildman–Crippen LogP) is 1.01. The summed E-state index contributed by atoms with van der Waals surface area (Å²) in [7, 11) is 0. The van der Waals surface area contributed by atoms with Gasteiger partial charge in [0.2, 0.25) is 0 Å². The second-order valence-electron chi connectivity index (χ2n) is 1.76. The first-order valence-corrected chi connectivity index (χ1v) is 3.75. The Hall–Kier alpha value is -0.550. The molecule has 5 heteroatoms. The molecule has 0 unspecified atom stereocenters. The summed E-state index contributed by atoms with van der Waals surface area (Å²) in [6.45, 7) is 2.55. The molecule has 0 amide bonds. The Bertz CT molecular complexity index is 223. The summed E-state index contributed by atoms with van der Waals surface area (Å²) >= 11 is 0.825. The van der Waals surface area contributed by atoms with Crippen molar-refractivity contribution in [1.29, 1.82) is 0 Å². The zero-order valence-electron chi connectivity index (χ0n) is 5.54. The van der Waals surface area contributed by atoms with Gasteiger partial charge in [-0.25, -0.2) is 4.39 Å².